The van der Waals surface area contributed by atoms with Gasteiger partial charge >= 0.3 is 0 Å². The van der Waals surface area contributed by atoms with E-state index in [-0.39, 0.29) is 19.2 Å². The number of nitrogens with zero attached hydrogens (tertiary/aromatic N) is 7. The summed E-state index contributed by atoms with van der Waals surface area (Å²) in [6.07, 6.45) is 5.59. The smallest absolute Gasteiger partial charge is 0.186 e. The maximum Gasteiger partial charge on any atom is 0.186 e. The molecule has 5 atom stereocenters. The van der Waals surface area contributed by atoms with E-state index in [1.165, 1.54) is 17.6 Å². The molecule has 0 aromatic carbocycles. The summed E-state index contributed by atoms with van der Waals surface area (Å²) in [5.74, 6) is 1.40. The summed E-state index contributed by atoms with van der Waals surface area (Å²) in [6.45, 7) is 4.50. The molecule has 0 bridgehead atoms. The number of rotatable bonds is 6. The number of aliphatic hydroxyl groups excluding tert-OH is 1. The minimum atomic E-state index is -0.720. The molecule has 13 nitrogen and oxygen atoms in total. The number of anilines is 3. The zero-order valence-corrected chi connectivity index (χ0v) is 26.9. The maximum absolute atomic E-state index is 10.4. The molecule has 2 saturated heterocycles. The highest BCUT2D eigenvalue weighted by molar-refractivity contribution is 7.16. The van der Waals surface area contributed by atoms with E-state index in [0.29, 0.717) is 70.7 Å². The quantitative estimate of drug-likeness (QED) is 0.286. The normalized spacial score (nSPS) is 26.6. The van der Waals surface area contributed by atoms with Crippen LogP contribution in [0, 0.1) is 34.0 Å². The van der Waals surface area contributed by atoms with E-state index < -0.39 is 17.4 Å². The summed E-state index contributed by atoms with van der Waals surface area (Å²) in [6, 6.07) is 4.89. The van der Waals surface area contributed by atoms with Crippen LogP contribution in [0.2, 0.25) is 0 Å². The third kappa shape index (κ3) is 4.83. The Morgan fingerprint density at radius 2 is 2.11 bits per heavy atom. The van der Waals surface area contributed by atoms with Crippen molar-refractivity contribution < 1.29 is 14.4 Å². The van der Waals surface area contributed by atoms with Gasteiger partial charge in [0.05, 0.1) is 53.4 Å². The highest BCUT2D eigenvalue weighted by Gasteiger charge is 2.50. The van der Waals surface area contributed by atoms with E-state index in [9.17, 15) is 15.6 Å². The summed E-state index contributed by atoms with van der Waals surface area (Å²) in [5.41, 5.74) is 8.70. The summed E-state index contributed by atoms with van der Waals surface area (Å²) >= 11 is 1.46. The number of hydrogen-bond acceptors (Lipinski definition) is 14. The van der Waals surface area contributed by atoms with Gasteiger partial charge in [-0.25, -0.2) is 9.97 Å². The van der Waals surface area contributed by atoms with Crippen LogP contribution in [0.3, 0.4) is 0 Å². The van der Waals surface area contributed by atoms with Gasteiger partial charge in [-0.3, -0.25) is 0 Å². The summed E-state index contributed by atoms with van der Waals surface area (Å²) in [7, 11) is 2.12. The van der Waals surface area contributed by atoms with E-state index in [1.807, 2.05) is 4.90 Å². The van der Waals surface area contributed by atoms with Gasteiger partial charge in [-0.15, -0.1) is 11.3 Å². The molecule has 3 aliphatic heterocycles. The number of nitrogen functional groups attached to an aromatic ring is 1. The summed E-state index contributed by atoms with van der Waals surface area (Å²) < 4.78 is 12.4. The van der Waals surface area contributed by atoms with Gasteiger partial charge in [0.1, 0.15) is 22.7 Å². The molecule has 4 aliphatic rings. The Hall–Kier alpha value is -4.08. The fraction of sp³-hybridized carbons (Fsp3) is 0.562. The number of ether oxygens (including phenoxy) is 1. The van der Waals surface area contributed by atoms with Crippen LogP contribution in [-0.2, 0) is 23.2 Å². The predicted octanol–water partition coefficient (Wildman–Crippen LogP) is 3.40. The van der Waals surface area contributed by atoms with Crippen LogP contribution in [0.4, 0.5) is 16.6 Å². The number of hydrogen-bond donors (Lipinski definition) is 4. The lowest BCUT2D eigenvalue weighted by atomic mass is 9.68. The third-order valence-corrected chi connectivity index (χ3v) is 11.3. The number of likely N-dealkylation sites (tertiary alicyclic amines) is 1. The van der Waals surface area contributed by atoms with E-state index in [4.69, 9.17) is 30.4 Å². The van der Waals surface area contributed by atoms with Crippen molar-refractivity contribution in [3.8, 4) is 23.7 Å². The number of fused-ring (bicyclic) bond motifs is 4. The lowest BCUT2D eigenvalue weighted by molar-refractivity contribution is 0.0459. The molecule has 6 heterocycles. The molecule has 3 aromatic rings. The number of piperidine rings is 1. The van der Waals surface area contributed by atoms with E-state index in [0.717, 1.165) is 54.7 Å². The van der Waals surface area contributed by atoms with Crippen molar-refractivity contribution in [3.63, 3.8) is 0 Å². The van der Waals surface area contributed by atoms with Crippen LogP contribution in [0.25, 0.3) is 11.5 Å². The average molecular weight is 643 g/mol. The molecule has 1 aliphatic carbocycles. The number of aliphatic hydroxyl groups is 1. The first-order valence-electron chi connectivity index (χ1n) is 15.9. The van der Waals surface area contributed by atoms with Crippen molar-refractivity contribution in [2.45, 2.75) is 75.7 Å². The second kappa shape index (κ2) is 11.9. The summed E-state index contributed by atoms with van der Waals surface area (Å²) in [5, 5.41) is 47.3. The Balaban J connectivity index is 1.36. The molecule has 5 N–H and O–H groups in total. The number of aryl methyl sites for hydroxylation is 1. The predicted molar refractivity (Wildman–Crippen MR) is 173 cm³/mol. The molecule has 7 rings (SSSR count). The Morgan fingerprint density at radius 1 is 1.26 bits per heavy atom. The Bertz CT molecular complexity index is 1750. The lowest BCUT2D eigenvalue weighted by Crippen LogP contribution is -2.44. The SMILES string of the molecule is CC(Nc1nc(-c2noc3c2COCC32CCCc3sc(N)c(C#N)c32)nc(N2CCC(O)C(C#N)C2)c1C=N)C1CCCN1C. The molecule has 3 aromatic heterocycles. The Kier molecular flexibility index (Phi) is 7.93. The van der Waals surface area contributed by atoms with Crippen molar-refractivity contribution in [1.82, 2.24) is 20.0 Å². The fourth-order valence-corrected chi connectivity index (χ4v) is 9.07. The molecule has 14 heteroatoms. The van der Waals surface area contributed by atoms with Gasteiger partial charge in [0.2, 0.25) is 0 Å². The van der Waals surface area contributed by atoms with Gasteiger partial charge < -0.3 is 40.6 Å². The highest BCUT2D eigenvalue weighted by Crippen LogP contribution is 2.52. The minimum absolute atomic E-state index is 0.0313. The third-order valence-electron chi connectivity index (χ3n) is 10.3. The molecule has 46 heavy (non-hydrogen) atoms. The van der Waals surface area contributed by atoms with Gasteiger partial charge in [0.25, 0.3) is 0 Å². The van der Waals surface area contributed by atoms with Gasteiger partial charge in [-0.05, 0) is 59.0 Å². The van der Waals surface area contributed by atoms with Gasteiger partial charge in [-0.1, -0.05) is 5.16 Å². The second-order valence-electron chi connectivity index (χ2n) is 13.0. The summed E-state index contributed by atoms with van der Waals surface area (Å²) in [4.78, 5) is 15.3. The number of thiophene rings is 1. The first kappa shape index (κ1) is 30.6. The fourth-order valence-electron chi connectivity index (χ4n) is 7.91. The van der Waals surface area contributed by atoms with Gasteiger partial charge in [0, 0.05) is 41.8 Å². The van der Waals surface area contributed by atoms with Crippen molar-refractivity contribution >= 4 is 34.2 Å². The molecular weight excluding hydrogens is 604 g/mol. The zero-order chi connectivity index (χ0) is 32.2. The van der Waals surface area contributed by atoms with E-state index in [2.05, 4.69) is 41.5 Å². The Morgan fingerprint density at radius 3 is 2.85 bits per heavy atom. The first-order chi connectivity index (χ1) is 22.3. The largest absolute Gasteiger partial charge is 0.392 e. The number of likely N-dealkylation sites (N-methyl/N-ethyl adjacent to an activating group) is 1. The monoisotopic (exact) mass is 642 g/mol. The van der Waals surface area contributed by atoms with Crippen LogP contribution in [0.5, 0.6) is 0 Å². The first-order valence-corrected chi connectivity index (χ1v) is 16.7. The van der Waals surface area contributed by atoms with Crippen molar-refractivity contribution in [2.75, 3.05) is 49.2 Å². The van der Waals surface area contributed by atoms with Crippen LogP contribution in [0.1, 0.15) is 71.9 Å². The minimum Gasteiger partial charge on any atom is -0.392 e. The molecule has 240 valence electrons. The van der Waals surface area contributed by atoms with Gasteiger partial charge in [-0.2, -0.15) is 10.5 Å². The average Bonchev–Trinajstić information content (AvgIpc) is 3.78. The molecule has 0 radical (unpaired) electrons. The second-order valence-corrected chi connectivity index (χ2v) is 14.1. The van der Waals surface area contributed by atoms with Crippen LogP contribution in [-0.4, -0.2) is 82.8 Å². The van der Waals surface area contributed by atoms with Crippen molar-refractivity contribution in [2.24, 2.45) is 5.92 Å². The lowest BCUT2D eigenvalue weighted by Gasteiger charge is -2.38. The number of nitrogens with one attached hydrogen (secondary N) is 2. The maximum atomic E-state index is 10.4. The van der Waals surface area contributed by atoms with Crippen LogP contribution in [0.15, 0.2) is 4.52 Å². The van der Waals surface area contributed by atoms with Crippen molar-refractivity contribution in [1.29, 1.82) is 15.9 Å². The van der Waals surface area contributed by atoms with E-state index >= 15 is 0 Å². The molecule has 0 amide bonds. The number of nitrogens with two attached hydrogens (primary N) is 1. The molecule has 2 fully saturated rings. The molecule has 0 saturated carbocycles. The van der Waals surface area contributed by atoms with Crippen molar-refractivity contribution in [3.05, 3.63) is 32.9 Å². The standard InChI is InChI=1S/C32H38N10O3S/c1-17(22-5-4-9-41(22)2)37-29-20(13-35)31(42-10-7-23(43)18(11-33)14-42)39-30(38-29)26-21-15-44-16-32(27(21)45-40-26)8-3-6-24-25(32)19(12-34)28(36)46-24/h13,17-18,22-23,35,43H,3-10,14-16,36H2,1-2H3,(H,37,38,39). The van der Waals surface area contributed by atoms with Crippen LogP contribution >= 0.6 is 11.3 Å². The number of nitriles is 2. The number of aromatic nitrogens is 3. The molecule has 5 unspecified atom stereocenters. The molecule has 1 spiro atoms. The Labute approximate surface area is 271 Å². The molecular formula is C32H38N10O3S. The topological polar surface area (TPSA) is 197 Å². The highest BCUT2D eigenvalue weighted by atomic mass is 32.1. The van der Waals surface area contributed by atoms with Crippen LogP contribution < -0.4 is 16.0 Å². The van der Waals surface area contributed by atoms with E-state index in [1.54, 1.807) is 0 Å². The van der Waals surface area contributed by atoms with Gasteiger partial charge in [0.15, 0.2) is 17.3 Å². The zero-order valence-electron chi connectivity index (χ0n) is 26.0.